The molecule has 1 aliphatic rings. The molecule has 1 N–H and O–H groups in total. The molecule has 0 bridgehead atoms. The van der Waals surface area contributed by atoms with Crippen molar-refractivity contribution in [3.05, 3.63) is 60.2 Å². The molecule has 124 valence electrons. The van der Waals surface area contributed by atoms with Gasteiger partial charge in [0.15, 0.2) is 12.1 Å². The molecule has 0 radical (unpaired) electrons. The first kappa shape index (κ1) is 16.2. The van der Waals surface area contributed by atoms with Crippen LogP contribution in [0.4, 0.5) is 0 Å². The Bertz CT molecular complexity index is 708. The smallest absolute Gasteiger partial charge is 0.227 e. The fourth-order valence-electron chi connectivity index (χ4n) is 2.51. The van der Waals surface area contributed by atoms with Gasteiger partial charge in [0.1, 0.15) is 12.9 Å². The molecule has 1 aromatic heterocycles. The highest BCUT2D eigenvalue weighted by Gasteiger charge is 2.33. The maximum Gasteiger partial charge on any atom is 0.227 e. The van der Waals surface area contributed by atoms with Crippen molar-refractivity contribution >= 4 is 11.7 Å². The van der Waals surface area contributed by atoms with Crippen molar-refractivity contribution in [1.29, 1.82) is 0 Å². The highest BCUT2D eigenvalue weighted by atomic mass is 16.5. The third-order valence-corrected chi connectivity index (χ3v) is 3.90. The lowest BCUT2D eigenvalue weighted by molar-refractivity contribution is -0.154. The minimum absolute atomic E-state index is 0.0745. The predicted molar refractivity (Wildman–Crippen MR) is 85.8 cm³/mol. The van der Waals surface area contributed by atoms with Crippen LogP contribution in [0.25, 0.3) is 0 Å². The molecule has 1 fully saturated rings. The maximum absolute atomic E-state index is 12.2. The number of Topliss-reactive ketones (excluding diaryl/α,β-unsaturated/α-hetero) is 1. The summed E-state index contributed by atoms with van der Waals surface area (Å²) in [7, 11) is 1.64. The number of aromatic nitrogens is 2. The lowest BCUT2D eigenvalue weighted by Crippen LogP contribution is -2.55. The van der Waals surface area contributed by atoms with Crippen molar-refractivity contribution in [1.82, 2.24) is 20.2 Å². The van der Waals surface area contributed by atoms with Crippen LogP contribution in [-0.4, -0.2) is 46.6 Å². The number of nitrogens with one attached hydrogen (secondary N) is 1. The Hall–Kier alpha value is -2.64. The van der Waals surface area contributed by atoms with Crippen LogP contribution in [0, 0.1) is 0 Å². The summed E-state index contributed by atoms with van der Waals surface area (Å²) in [5.41, 5.74) is 1.30. The van der Waals surface area contributed by atoms with Gasteiger partial charge in [-0.3, -0.25) is 14.9 Å². The van der Waals surface area contributed by atoms with Gasteiger partial charge in [-0.25, -0.2) is 9.97 Å². The van der Waals surface area contributed by atoms with Crippen LogP contribution in [0.3, 0.4) is 0 Å². The van der Waals surface area contributed by atoms with E-state index in [1.165, 1.54) is 11.2 Å². The van der Waals surface area contributed by atoms with E-state index in [2.05, 4.69) is 15.3 Å². The van der Waals surface area contributed by atoms with Crippen LogP contribution in [0.2, 0.25) is 0 Å². The Labute approximate surface area is 139 Å². The van der Waals surface area contributed by atoms with Crippen molar-refractivity contribution in [2.24, 2.45) is 0 Å². The molecule has 0 saturated carbocycles. The fourth-order valence-corrected chi connectivity index (χ4v) is 2.51. The highest BCUT2D eigenvalue weighted by Crippen LogP contribution is 2.21. The second-order valence-electron chi connectivity index (χ2n) is 5.51. The standard InChI is InChI=1S/C17H18N4O3/c1-21-16(23)9-14(13-7-8-18-11-19-13)20-17(21)24-10-15(22)12-5-3-2-4-6-12/h2-8,11,14,17,20H,9-10H2,1H3. The molecular formula is C17H18N4O3. The molecule has 7 nitrogen and oxygen atoms in total. The van der Waals surface area contributed by atoms with E-state index in [1.54, 1.807) is 43.6 Å². The summed E-state index contributed by atoms with van der Waals surface area (Å²) < 4.78 is 5.63. The Morgan fingerprint density at radius 1 is 1.33 bits per heavy atom. The Kier molecular flexibility index (Phi) is 4.93. The molecule has 2 aromatic rings. The third-order valence-electron chi connectivity index (χ3n) is 3.90. The second-order valence-corrected chi connectivity index (χ2v) is 5.51. The van der Waals surface area contributed by atoms with E-state index in [0.717, 1.165) is 5.69 Å². The first-order chi connectivity index (χ1) is 11.6. The molecule has 7 heteroatoms. The van der Waals surface area contributed by atoms with Crippen molar-refractivity contribution in [2.75, 3.05) is 13.7 Å². The molecule has 1 aliphatic heterocycles. The zero-order valence-corrected chi connectivity index (χ0v) is 13.3. The molecular weight excluding hydrogens is 308 g/mol. The van der Waals surface area contributed by atoms with Crippen LogP contribution in [0.15, 0.2) is 48.9 Å². The van der Waals surface area contributed by atoms with Crippen molar-refractivity contribution < 1.29 is 14.3 Å². The largest absolute Gasteiger partial charge is 0.337 e. The van der Waals surface area contributed by atoms with Gasteiger partial charge in [0, 0.05) is 25.2 Å². The maximum atomic E-state index is 12.2. The average Bonchev–Trinajstić information content (AvgIpc) is 2.64. The monoisotopic (exact) mass is 326 g/mol. The molecule has 2 unspecified atom stereocenters. The molecule has 0 spiro atoms. The molecule has 24 heavy (non-hydrogen) atoms. The summed E-state index contributed by atoms with van der Waals surface area (Å²) in [6.45, 7) is -0.115. The topological polar surface area (TPSA) is 84.4 Å². The van der Waals surface area contributed by atoms with Gasteiger partial charge in [0.2, 0.25) is 5.91 Å². The van der Waals surface area contributed by atoms with Gasteiger partial charge in [0.25, 0.3) is 0 Å². The molecule has 3 rings (SSSR count). The van der Waals surface area contributed by atoms with E-state index in [0.29, 0.717) is 5.56 Å². The minimum Gasteiger partial charge on any atom is -0.337 e. The van der Waals surface area contributed by atoms with Crippen molar-refractivity contribution in [3.8, 4) is 0 Å². The Morgan fingerprint density at radius 3 is 2.83 bits per heavy atom. The van der Waals surface area contributed by atoms with Gasteiger partial charge < -0.3 is 9.64 Å². The number of carbonyl (C=O) groups is 2. The van der Waals surface area contributed by atoms with E-state index < -0.39 is 6.35 Å². The Balaban J connectivity index is 1.65. The number of ketones is 1. The van der Waals surface area contributed by atoms with Gasteiger partial charge in [0.05, 0.1) is 11.7 Å². The number of benzene rings is 1. The summed E-state index contributed by atoms with van der Waals surface area (Å²) in [6, 6.07) is 10.4. The number of rotatable bonds is 5. The second kappa shape index (κ2) is 7.29. The van der Waals surface area contributed by atoms with Crippen LogP contribution in [0.1, 0.15) is 28.5 Å². The first-order valence-electron chi connectivity index (χ1n) is 7.62. The molecule has 1 amide bonds. The SMILES string of the molecule is CN1C(=O)CC(c2ccncn2)NC1OCC(=O)c1ccccc1. The van der Waals surface area contributed by atoms with Crippen molar-refractivity contribution in [3.63, 3.8) is 0 Å². The first-order valence-corrected chi connectivity index (χ1v) is 7.62. The van der Waals surface area contributed by atoms with E-state index in [1.807, 2.05) is 6.07 Å². The number of amides is 1. The normalized spacial score (nSPS) is 20.9. The highest BCUT2D eigenvalue weighted by molar-refractivity contribution is 5.97. The number of hydrogen-bond donors (Lipinski definition) is 1. The summed E-state index contributed by atoms with van der Waals surface area (Å²) in [5.74, 6) is -0.211. The van der Waals surface area contributed by atoms with Crippen LogP contribution >= 0.6 is 0 Å². The molecule has 2 atom stereocenters. The van der Waals surface area contributed by atoms with E-state index >= 15 is 0 Å². The Morgan fingerprint density at radius 2 is 2.12 bits per heavy atom. The summed E-state index contributed by atoms with van der Waals surface area (Å²) in [6.07, 6.45) is 2.66. The molecule has 1 aromatic carbocycles. The number of ether oxygens (including phenoxy) is 1. The minimum atomic E-state index is -0.682. The van der Waals surface area contributed by atoms with E-state index in [4.69, 9.17) is 4.74 Å². The van der Waals surface area contributed by atoms with Gasteiger partial charge in [-0.05, 0) is 6.07 Å². The molecule has 0 aliphatic carbocycles. The fraction of sp³-hybridized carbons (Fsp3) is 0.294. The van der Waals surface area contributed by atoms with Gasteiger partial charge >= 0.3 is 0 Å². The van der Waals surface area contributed by atoms with E-state index in [9.17, 15) is 9.59 Å². The van der Waals surface area contributed by atoms with Crippen LogP contribution < -0.4 is 5.32 Å². The number of carbonyl (C=O) groups excluding carboxylic acids is 2. The third kappa shape index (κ3) is 3.64. The lowest BCUT2D eigenvalue weighted by atomic mass is 10.1. The summed E-state index contributed by atoms with van der Waals surface area (Å²) in [4.78, 5) is 33.8. The number of hydrogen-bond acceptors (Lipinski definition) is 6. The van der Waals surface area contributed by atoms with Crippen LogP contribution in [-0.2, 0) is 9.53 Å². The molecule has 1 saturated heterocycles. The molecule has 2 heterocycles. The summed E-state index contributed by atoms with van der Waals surface area (Å²) >= 11 is 0. The number of nitrogens with zero attached hydrogens (tertiary/aromatic N) is 3. The van der Waals surface area contributed by atoms with Crippen molar-refractivity contribution in [2.45, 2.75) is 18.8 Å². The average molecular weight is 326 g/mol. The zero-order valence-electron chi connectivity index (χ0n) is 13.3. The summed E-state index contributed by atoms with van der Waals surface area (Å²) in [5, 5.41) is 3.20. The van der Waals surface area contributed by atoms with Gasteiger partial charge in [-0.1, -0.05) is 30.3 Å². The van der Waals surface area contributed by atoms with Crippen LogP contribution in [0.5, 0.6) is 0 Å². The lowest BCUT2D eigenvalue weighted by Gasteiger charge is -2.37. The predicted octanol–water partition coefficient (Wildman–Crippen LogP) is 1.15. The van der Waals surface area contributed by atoms with E-state index in [-0.39, 0.29) is 30.8 Å². The van der Waals surface area contributed by atoms with Gasteiger partial charge in [-0.15, -0.1) is 0 Å². The zero-order chi connectivity index (χ0) is 16.9. The quantitative estimate of drug-likeness (QED) is 0.830. The van der Waals surface area contributed by atoms with Gasteiger partial charge in [-0.2, -0.15) is 0 Å².